The lowest BCUT2D eigenvalue weighted by Crippen LogP contribution is -2.36. The maximum Gasteiger partial charge on any atom is 0.0642 e. The van der Waals surface area contributed by atoms with E-state index in [0.717, 1.165) is 52.5 Å². The van der Waals surface area contributed by atoms with Crippen molar-refractivity contribution in [2.75, 3.05) is 57.9 Å². The van der Waals surface area contributed by atoms with Gasteiger partial charge >= 0.3 is 0 Å². The molecule has 112 valence electrons. The van der Waals surface area contributed by atoms with Crippen LogP contribution in [0.1, 0.15) is 12.5 Å². The topological polar surface area (TPSA) is 27.7 Å². The molecular weight excluding hydrogens is 250 g/mol. The molecule has 1 fully saturated rings. The molecule has 0 unspecified atom stereocenters. The third-order valence-corrected chi connectivity index (χ3v) is 3.85. The molecule has 2 rings (SSSR count). The van der Waals surface area contributed by atoms with E-state index in [1.807, 2.05) is 0 Å². The summed E-state index contributed by atoms with van der Waals surface area (Å²) in [5.41, 5.74) is 2.66. The SMILES string of the molecule is CCN(C)CCNCc1ccc(N2CCOCC2)cc1. The van der Waals surface area contributed by atoms with E-state index < -0.39 is 0 Å². The van der Waals surface area contributed by atoms with Crippen LogP contribution in [-0.2, 0) is 11.3 Å². The molecule has 1 saturated heterocycles. The Hall–Kier alpha value is -1.10. The molecule has 4 heteroatoms. The third-order valence-electron chi connectivity index (χ3n) is 3.85. The number of nitrogens with one attached hydrogen (secondary N) is 1. The molecule has 0 aliphatic carbocycles. The molecule has 20 heavy (non-hydrogen) atoms. The number of likely N-dealkylation sites (N-methyl/N-ethyl adjacent to an activating group) is 1. The van der Waals surface area contributed by atoms with Crippen LogP contribution in [0.2, 0.25) is 0 Å². The van der Waals surface area contributed by atoms with Crippen molar-refractivity contribution in [2.24, 2.45) is 0 Å². The van der Waals surface area contributed by atoms with Gasteiger partial charge in [0.1, 0.15) is 0 Å². The second-order valence-electron chi connectivity index (χ2n) is 5.34. The summed E-state index contributed by atoms with van der Waals surface area (Å²) in [7, 11) is 2.15. The zero-order chi connectivity index (χ0) is 14.2. The third kappa shape index (κ3) is 4.78. The summed E-state index contributed by atoms with van der Waals surface area (Å²) >= 11 is 0. The zero-order valence-corrected chi connectivity index (χ0v) is 12.8. The maximum atomic E-state index is 5.38. The largest absolute Gasteiger partial charge is 0.378 e. The Morgan fingerprint density at radius 2 is 1.90 bits per heavy atom. The first-order chi connectivity index (χ1) is 9.79. The van der Waals surface area contributed by atoms with Crippen LogP contribution < -0.4 is 10.2 Å². The quantitative estimate of drug-likeness (QED) is 0.766. The molecule has 0 aromatic heterocycles. The highest BCUT2D eigenvalue weighted by atomic mass is 16.5. The van der Waals surface area contributed by atoms with E-state index in [4.69, 9.17) is 4.74 Å². The van der Waals surface area contributed by atoms with Crippen LogP contribution >= 0.6 is 0 Å². The minimum Gasteiger partial charge on any atom is -0.378 e. The first kappa shape index (κ1) is 15.3. The Labute approximate surface area is 122 Å². The van der Waals surface area contributed by atoms with E-state index in [9.17, 15) is 0 Å². The van der Waals surface area contributed by atoms with Gasteiger partial charge in [-0.05, 0) is 31.3 Å². The van der Waals surface area contributed by atoms with E-state index in [2.05, 4.69) is 53.4 Å². The van der Waals surface area contributed by atoms with Gasteiger partial charge in [0.25, 0.3) is 0 Å². The van der Waals surface area contributed by atoms with Crippen molar-refractivity contribution in [2.45, 2.75) is 13.5 Å². The molecule has 1 heterocycles. The van der Waals surface area contributed by atoms with E-state index >= 15 is 0 Å². The van der Waals surface area contributed by atoms with Gasteiger partial charge in [-0.1, -0.05) is 19.1 Å². The van der Waals surface area contributed by atoms with Crippen molar-refractivity contribution in [3.63, 3.8) is 0 Å². The lowest BCUT2D eigenvalue weighted by molar-refractivity contribution is 0.122. The number of hydrogen-bond acceptors (Lipinski definition) is 4. The summed E-state index contributed by atoms with van der Waals surface area (Å²) in [6.07, 6.45) is 0. The van der Waals surface area contributed by atoms with Crippen molar-refractivity contribution in [1.82, 2.24) is 10.2 Å². The summed E-state index contributed by atoms with van der Waals surface area (Å²) in [6.45, 7) is 10.1. The molecule has 4 nitrogen and oxygen atoms in total. The molecule has 1 aromatic rings. The smallest absolute Gasteiger partial charge is 0.0642 e. The average Bonchev–Trinajstić information content (AvgIpc) is 2.52. The monoisotopic (exact) mass is 277 g/mol. The molecule has 1 aliphatic rings. The van der Waals surface area contributed by atoms with Crippen molar-refractivity contribution in [1.29, 1.82) is 0 Å². The van der Waals surface area contributed by atoms with Crippen LogP contribution in [0.15, 0.2) is 24.3 Å². The van der Waals surface area contributed by atoms with Crippen LogP contribution in [0.3, 0.4) is 0 Å². The van der Waals surface area contributed by atoms with Gasteiger partial charge in [-0.25, -0.2) is 0 Å². The molecule has 0 amide bonds. The summed E-state index contributed by atoms with van der Waals surface area (Å²) in [4.78, 5) is 4.70. The van der Waals surface area contributed by atoms with Crippen LogP contribution in [-0.4, -0.2) is 57.9 Å². The van der Waals surface area contributed by atoms with E-state index in [1.165, 1.54) is 11.3 Å². The Morgan fingerprint density at radius 3 is 2.55 bits per heavy atom. The fourth-order valence-corrected chi connectivity index (χ4v) is 2.31. The molecule has 1 aromatic carbocycles. The predicted molar refractivity (Wildman–Crippen MR) is 84.4 cm³/mol. The highest BCUT2D eigenvalue weighted by molar-refractivity contribution is 5.47. The summed E-state index contributed by atoms with van der Waals surface area (Å²) in [6, 6.07) is 8.89. The fourth-order valence-electron chi connectivity index (χ4n) is 2.31. The summed E-state index contributed by atoms with van der Waals surface area (Å²) < 4.78 is 5.38. The molecule has 0 bridgehead atoms. The Balaban J connectivity index is 1.73. The van der Waals surface area contributed by atoms with Crippen LogP contribution in [0, 0.1) is 0 Å². The lowest BCUT2D eigenvalue weighted by atomic mass is 10.2. The molecule has 1 aliphatic heterocycles. The average molecular weight is 277 g/mol. The van der Waals surface area contributed by atoms with Gasteiger partial charge in [-0.3, -0.25) is 0 Å². The Kier molecular flexibility index (Phi) is 6.30. The number of nitrogens with zero attached hydrogens (tertiary/aromatic N) is 2. The van der Waals surface area contributed by atoms with E-state index in [1.54, 1.807) is 0 Å². The number of rotatable bonds is 7. The molecule has 0 saturated carbocycles. The summed E-state index contributed by atoms with van der Waals surface area (Å²) in [5, 5.41) is 3.49. The number of benzene rings is 1. The Morgan fingerprint density at radius 1 is 1.20 bits per heavy atom. The van der Waals surface area contributed by atoms with Gasteiger partial charge in [0, 0.05) is 38.4 Å². The van der Waals surface area contributed by atoms with Crippen LogP contribution in [0.25, 0.3) is 0 Å². The number of hydrogen-bond donors (Lipinski definition) is 1. The minimum atomic E-state index is 0.842. The maximum absolute atomic E-state index is 5.38. The van der Waals surface area contributed by atoms with Crippen molar-refractivity contribution < 1.29 is 4.74 Å². The number of morpholine rings is 1. The Bertz CT molecular complexity index is 374. The molecular formula is C16H27N3O. The molecule has 0 atom stereocenters. The van der Waals surface area contributed by atoms with Crippen molar-refractivity contribution in [3.8, 4) is 0 Å². The highest BCUT2D eigenvalue weighted by Crippen LogP contribution is 2.16. The van der Waals surface area contributed by atoms with Crippen molar-refractivity contribution >= 4 is 5.69 Å². The highest BCUT2D eigenvalue weighted by Gasteiger charge is 2.10. The normalized spacial score (nSPS) is 15.8. The first-order valence-electron chi connectivity index (χ1n) is 7.60. The van der Waals surface area contributed by atoms with Gasteiger partial charge in [-0.15, -0.1) is 0 Å². The minimum absolute atomic E-state index is 0.842. The van der Waals surface area contributed by atoms with Gasteiger partial charge in [-0.2, -0.15) is 0 Å². The molecule has 0 radical (unpaired) electrons. The van der Waals surface area contributed by atoms with Gasteiger partial charge in [0.15, 0.2) is 0 Å². The summed E-state index contributed by atoms with van der Waals surface area (Å²) in [5.74, 6) is 0. The second-order valence-corrected chi connectivity index (χ2v) is 5.34. The molecule has 0 spiro atoms. The first-order valence-corrected chi connectivity index (χ1v) is 7.60. The van der Waals surface area contributed by atoms with Gasteiger partial charge in [0.2, 0.25) is 0 Å². The van der Waals surface area contributed by atoms with Crippen LogP contribution in [0.5, 0.6) is 0 Å². The fraction of sp³-hybridized carbons (Fsp3) is 0.625. The van der Waals surface area contributed by atoms with E-state index in [-0.39, 0.29) is 0 Å². The second kappa shape index (κ2) is 8.25. The predicted octanol–water partition coefficient (Wildman–Crippen LogP) is 1.56. The van der Waals surface area contributed by atoms with Crippen LogP contribution in [0.4, 0.5) is 5.69 Å². The van der Waals surface area contributed by atoms with Gasteiger partial charge < -0.3 is 19.9 Å². The standard InChI is InChI=1S/C16H27N3O/c1-3-18(2)9-8-17-14-15-4-6-16(7-5-15)19-10-12-20-13-11-19/h4-7,17H,3,8-14H2,1-2H3. The van der Waals surface area contributed by atoms with E-state index in [0.29, 0.717) is 0 Å². The van der Waals surface area contributed by atoms with Crippen molar-refractivity contribution in [3.05, 3.63) is 29.8 Å². The number of anilines is 1. The van der Waals surface area contributed by atoms with Gasteiger partial charge in [0.05, 0.1) is 13.2 Å². The zero-order valence-electron chi connectivity index (χ0n) is 12.8. The number of ether oxygens (including phenoxy) is 1. The molecule has 1 N–H and O–H groups in total. The lowest BCUT2D eigenvalue weighted by Gasteiger charge is -2.28.